The van der Waals surface area contributed by atoms with E-state index in [1.807, 2.05) is 55.5 Å². The number of hydrogen-bond donors (Lipinski definition) is 1. The molecule has 0 radical (unpaired) electrons. The number of halogens is 2. The zero-order valence-electron chi connectivity index (χ0n) is 15.0. The highest BCUT2D eigenvalue weighted by molar-refractivity contribution is 9.10. The van der Waals surface area contributed by atoms with Gasteiger partial charge in [0.1, 0.15) is 5.82 Å². The number of fused-ring (bicyclic) bond motifs is 1. The zero-order valence-corrected chi connectivity index (χ0v) is 16.6. The molecule has 138 valence electrons. The van der Waals surface area contributed by atoms with Crippen LogP contribution in [0.2, 0.25) is 0 Å². The van der Waals surface area contributed by atoms with E-state index < -0.39 is 5.82 Å². The average Bonchev–Trinajstić information content (AvgIpc) is 2.69. The fraction of sp³-hybridized carbons (Fsp3) is 0.0435. The number of rotatable bonds is 3. The first-order chi connectivity index (χ1) is 13.5. The highest BCUT2D eigenvalue weighted by Gasteiger charge is 2.16. The Labute approximate surface area is 170 Å². The summed E-state index contributed by atoms with van der Waals surface area (Å²) in [6, 6.07) is 21.6. The fourth-order valence-corrected chi connectivity index (χ4v) is 3.48. The molecular weight excluding hydrogens is 419 g/mol. The first kappa shape index (κ1) is 18.3. The summed E-state index contributed by atoms with van der Waals surface area (Å²) in [6.07, 6.45) is 0. The van der Waals surface area contributed by atoms with Crippen molar-refractivity contribution in [1.82, 2.24) is 4.98 Å². The minimum atomic E-state index is -0.500. The lowest BCUT2D eigenvalue weighted by Crippen LogP contribution is -2.14. The number of hydrogen-bond acceptors (Lipinski definition) is 2. The van der Waals surface area contributed by atoms with Crippen molar-refractivity contribution in [3.63, 3.8) is 0 Å². The van der Waals surface area contributed by atoms with Gasteiger partial charge in [0.2, 0.25) is 0 Å². The molecule has 5 heteroatoms. The van der Waals surface area contributed by atoms with Gasteiger partial charge < -0.3 is 5.32 Å². The van der Waals surface area contributed by atoms with Crippen LogP contribution in [0.15, 0.2) is 77.3 Å². The average molecular weight is 435 g/mol. The van der Waals surface area contributed by atoms with Gasteiger partial charge in [0.05, 0.1) is 22.5 Å². The van der Waals surface area contributed by atoms with Crippen molar-refractivity contribution in [2.45, 2.75) is 6.92 Å². The third-order valence-corrected chi connectivity index (χ3v) is 5.05. The van der Waals surface area contributed by atoms with E-state index in [1.54, 1.807) is 12.1 Å². The van der Waals surface area contributed by atoms with Gasteiger partial charge in [-0.3, -0.25) is 4.79 Å². The predicted molar refractivity (Wildman–Crippen MR) is 114 cm³/mol. The molecule has 0 bridgehead atoms. The van der Waals surface area contributed by atoms with Crippen LogP contribution in [-0.4, -0.2) is 10.9 Å². The Bertz CT molecular complexity index is 1210. The maximum Gasteiger partial charge on any atom is 0.256 e. The Kier molecular flexibility index (Phi) is 4.92. The minimum absolute atomic E-state index is 0.131. The SMILES string of the molecule is Cc1ccccc1-c1cc(C(=O)Nc2ccc(Br)cc2F)c2ccccc2n1. The molecule has 0 saturated carbocycles. The molecule has 4 aromatic rings. The van der Waals surface area contributed by atoms with Crippen LogP contribution < -0.4 is 5.32 Å². The third-order valence-electron chi connectivity index (χ3n) is 4.56. The van der Waals surface area contributed by atoms with Gasteiger partial charge in [0.15, 0.2) is 0 Å². The second-order valence-electron chi connectivity index (χ2n) is 6.47. The number of carbonyl (C=O) groups is 1. The van der Waals surface area contributed by atoms with Crippen molar-refractivity contribution >= 4 is 38.4 Å². The molecule has 1 N–H and O–H groups in total. The van der Waals surface area contributed by atoms with Gasteiger partial charge >= 0.3 is 0 Å². The lowest BCUT2D eigenvalue weighted by Gasteiger charge is -2.12. The zero-order chi connectivity index (χ0) is 19.7. The van der Waals surface area contributed by atoms with Crippen LogP contribution in [0.1, 0.15) is 15.9 Å². The molecule has 28 heavy (non-hydrogen) atoms. The van der Waals surface area contributed by atoms with E-state index in [4.69, 9.17) is 4.98 Å². The lowest BCUT2D eigenvalue weighted by molar-refractivity contribution is 0.102. The summed E-state index contributed by atoms with van der Waals surface area (Å²) in [5.74, 6) is -0.880. The molecule has 4 rings (SSSR count). The van der Waals surface area contributed by atoms with E-state index in [0.29, 0.717) is 21.2 Å². The minimum Gasteiger partial charge on any atom is -0.319 e. The predicted octanol–water partition coefficient (Wildman–Crippen LogP) is 6.36. The molecule has 0 fully saturated rings. The summed E-state index contributed by atoms with van der Waals surface area (Å²) in [5, 5.41) is 3.39. The summed E-state index contributed by atoms with van der Waals surface area (Å²) < 4.78 is 14.8. The van der Waals surface area contributed by atoms with Gasteiger partial charge in [0, 0.05) is 15.4 Å². The van der Waals surface area contributed by atoms with Crippen LogP contribution in [-0.2, 0) is 0 Å². The molecule has 0 aliphatic carbocycles. The molecular formula is C23H16BrFN2O. The summed E-state index contributed by atoms with van der Waals surface area (Å²) in [6.45, 7) is 2.00. The Morgan fingerprint density at radius 2 is 1.75 bits per heavy atom. The van der Waals surface area contributed by atoms with Crippen LogP contribution >= 0.6 is 15.9 Å². The van der Waals surface area contributed by atoms with Crippen molar-refractivity contribution in [2.75, 3.05) is 5.32 Å². The normalized spacial score (nSPS) is 10.8. The van der Waals surface area contributed by atoms with E-state index in [1.165, 1.54) is 12.1 Å². The van der Waals surface area contributed by atoms with Gasteiger partial charge in [-0.05, 0) is 42.8 Å². The van der Waals surface area contributed by atoms with Crippen LogP contribution in [0.3, 0.4) is 0 Å². The highest BCUT2D eigenvalue weighted by Crippen LogP contribution is 2.28. The van der Waals surface area contributed by atoms with Crippen LogP contribution in [0, 0.1) is 12.7 Å². The van der Waals surface area contributed by atoms with Gasteiger partial charge in [-0.15, -0.1) is 0 Å². The molecule has 0 unspecified atom stereocenters. The third kappa shape index (κ3) is 3.53. The Morgan fingerprint density at radius 3 is 2.54 bits per heavy atom. The topological polar surface area (TPSA) is 42.0 Å². The van der Waals surface area contributed by atoms with Crippen molar-refractivity contribution in [1.29, 1.82) is 0 Å². The molecule has 1 amide bonds. The number of pyridine rings is 1. The largest absolute Gasteiger partial charge is 0.319 e. The number of carbonyl (C=O) groups excluding carboxylic acids is 1. The number of amides is 1. The molecule has 3 nitrogen and oxygen atoms in total. The number of aryl methyl sites for hydroxylation is 1. The molecule has 3 aromatic carbocycles. The van der Waals surface area contributed by atoms with Crippen LogP contribution in [0.5, 0.6) is 0 Å². The second-order valence-corrected chi connectivity index (χ2v) is 7.38. The Morgan fingerprint density at radius 1 is 1.00 bits per heavy atom. The quantitative estimate of drug-likeness (QED) is 0.407. The molecule has 0 spiro atoms. The molecule has 1 aromatic heterocycles. The van der Waals surface area contributed by atoms with E-state index >= 15 is 0 Å². The van der Waals surface area contributed by atoms with E-state index in [0.717, 1.165) is 16.5 Å². The maximum atomic E-state index is 14.2. The van der Waals surface area contributed by atoms with Crippen molar-refractivity contribution < 1.29 is 9.18 Å². The number of anilines is 1. The van der Waals surface area contributed by atoms with Crippen molar-refractivity contribution in [2.24, 2.45) is 0 Å². The molecule has 0 aliphatic heterocycles. The fourth-order valence-electron chi connectivity index (χ4n) is 3.14. The monoisotopic (exact) mass is 434 g/mol. The number of aromatic nitrogens is 1. The number of nitrogens with one attached hydrogen (secondary N) is 1. The summed E-state index contributed by atoms with van der Waals surface area (Å²) in [7, 11) is 0. The van der Waals surface area contributed by atoms with Gasteiger partial charge in [0.25, 0.3) is 5.91 Å². The van der Waals surface area contributed by atoms with Gasteiger partial charge in [-0.2, -0.15) is 0 Å². The number of benzene rings is 3. The van der Waals surface area contributed by atoms with E-state index in [2.05, 4.69) is 21.2 Å². The van der Waals surface area contributed by atoms with Crippen LogP contribution in [0.4, 0.5) is 10.1 Å². The lowest BCUT2D eigenvalue weighted by atomic mass is 10.0. The van der Waals surface area contributed by atoms with E-state index in [9.17, 15) is 9.18 Å². The van der Waals surface area contributed by atoms with E-state index in [-0.39, 0.29) is 11.6 Å². The Hall–Kier alpha value is -3.05. The first-order valence-electron chi connectivity index (χ1n) is 8.75. The van der Waals surface area contributed by atoms with Gasteiger partial charge in [-0.25, -0.2) is 9.37 Å². The summed E-state index contributed by atoms with van der Waals surface area (Å²) in [5.41, 5.74) is 4.02. The smallest absolute Gasteiger partial charge is 0.256 e. The number of nitrogens with zero attached hydrogens (tertiary/aromatic N) is 1. The molecule has 0 saturated heterocycles. The highest BCUT2D eigenvalue weighted by atomic mass is 79.9. The molecule has 1 heterocycles. The molecule has 0 aliphatic rings. The first-order valence-corrected chi connectivity index (χ1v) is 9.54. The summed E-state index contributed by atoms with van der Waals surface area (Å²) in [4.78, 5) is 17.7. The van der Waals surface area contributed by atoms with Gasteiger partial charge in [-0.1, -0.05) is 58.4 Å². The summed E-state index contributed by atoms with van der Waals surface area (Å²) >= 11 is 3.22. The standard InChI is InChI=1S/C23H16BrFN2O/c1-14-6-2-3-7-16(14)22-13-18(17-8-4-5-9-20(17)26-22)23(28)27-21-11-10-15(24)12-19(21)25/h2-13H,1H3,(H,27,28). The van der Waals surface area contributed by atoms with Crippen molar-refractivity contribution in [3.8, 4) is 11.3 Å². The second kappa shape index (κ2) is 7.52. The Balaban J connectivity index is 1.83. The van der Waals surface area contributed by atoms with Crippen LogP contribution in [0.25, 0.3) is 22.2 Å². The molecule has 0 atom stereocenters. The number of para-hydroxylation sites is 1. The van der Waals surface area contributed by atoms with Crippen molar-refractivity contribution in [3.05, 3.63) is 94.2 Å². The maximum absolute atomic E-state index is 14.2.